The molecule has 2 aromatic rings. The molecule has 0 spiro atoms. The Labute approximate surface area is 174 Å². The first-order valence-electron chi connectivity index (χ1n) is 8.97. The third-order valence-electron chi connectivity index (χ3n) is 4.45. The zero-order chi connectivity index (χ0) is 17.6. The first kappa shape index (κ1) is 22.7. The summed E-state index contributed by atoms with van der Waals surface area (Å²) in [6, 6.07) is 9.49. The molecule has 0 fully saturated rings. The van der Waals surface area contributed by atoms with Crippen LogP contribution in [0.2, 0.25) is 0 Å². The molecule has 0 unspecified atom stereocenters. The van der Waals surface area contributed by atoms with Crippen LogP contribution in [0.3, 0.4) is 0 Å². The smallest absolute Gasteiger partial charge is 0.744 e. The number of benzene rings is 2. The second-order valence-electron chi connectivity index (χ2n) is 6.52. The Morgan fingerprint density at radius 3 is 2.00 bits per heavy atom. The van der Waals surface area contributed by atoms with Gasteiger partial charge in [0.25, 0.3) is 0 Å². The van der Waals surface area contributed by atoms with Gasteiger partial charge in [-0.1, -0.05) is 57.7 Å². The molecule has 0 saturated heterocycles. The van der Waals surface area contributed by atoms with Crippen LogP contribution in [0.15, 0.2) is 35.2 Å². The fourth-order valence-corrected chi connectivity index (χ4v) is 3.84. The van der Waals surface area contributed by atoms with E-state index in [-0.39, 0.29) is 34.5 Å². The van der Waals surface area contributed by atoms with Crippen molar-refractivity contribution >= 4 is 20.9 Å². The van der Waals surface area contributed by atoms with E-state index in [0.717, 1.165) is 67.9 Å². The molecule has 0 heterocycles. The number of rotatable bonds is 9. The van der Waals surface area contributed by atoms with Gasteiger partial charge in [0.05, 0.1) is 4.90 Å². The van der Waals surface area contributed by atoms with E-state index < -0.39 is 10.1 Å². The summed E-state index contributed by atoms with van der Waals surface area (Å²) in [5, 5.41) is 1.41. The van der Waals surface area contributed by atoms with Gasteiger partial charge in [-0.3, -0.25) is 0 Å². The second-order valence-corrected chi connectivity index (χ2v) is 7.87. The van der Waals surface area contributed by atoms with Crippen molar-refractivity contribution < 1.29 is 42.5 Å². The minimum atomic E-state index is -4.47. The van der Waals surface area contributed by atoms with E-state index in [9.17, 15) is 13.0 Å². The van der Waals surface area contributed by atoms with Crippen LogP contribution in [0.1, 0.15) is 63.5 Å². The summed E-state index contributed by atoms with van der Waals surface area (Å²) in [4.78, 5) is -0.0659. The van der Waals surface area contributed by atoms with Crippen molar-refractivity contribution in [2.75, 3.05) is 0 Å². The molecule has 2 aromatic carbocycles. The van der Waals surface area contributed by atoms with Gasteiger partial charge in [0, 0.05) is 0 Å². The summed E-state index contributed by atoms with van der Waals surface area (Å²) in [7, 11) is -4.47. The normalized spacial score (nSPS) is 11.5. The zero-order valence-electron chi connectivity index (χ0n) is 15.7. The molecule has 2 rings (SSSR count). The van der Waals surface area contributed by atoms with Gasteiger partial charge in [-0.15, -0.1) is 0 Å². The summed E-state index contributed by atoms with van der Waals surface area (Å²) >= 11 is 0. The third-order valence-corrected chi connectivity index (χ3v) is 5.32. The maximum Gasteiger partial charge on any atom is 1.00 e. The van der Waals surface area contributed by atoms with Crippen molar-refractivity contribution in [1.29, 1.82) is 0 Å². The number of fused-ring (bicyclic) bond motifs is 1. The molecule has 132 valence electrons. The molecule has 0 amide bonds. The molecule has 5 heteroatoms. The largest absolute Gasteiger partial charge is 1.00 e. The van der Waals surface area contributed by atoms with E-state index in [1.807, 2.05) is 18.2 Å². The Hall–Kier alpha value is -0.390. The topological polar surface area (TPSA) is 57.2 Å². The van der Waals surface area contributed by atoms with Crippen LogP contribution in [-0.4, -0.2) is 13.0 Å². The fourth-order valence-electron chi connectivity index (χ4n) is 3.10. The average Bonchev–Trinajstić information content (AvgIpc) is 2.54. The molecular weight excluding hydrogens is 343 g/mol. The van der Waals surface area contributed by atoms with Gasteiger partial charge < -0.3 is 4.55 Å². The van der Waals surface area contributed by atoms with Gasteiger partial charge in [0.15, 0.2) is 0 Å². The molecule has 3 nitrogen and oxygen atoms in total. The quantitative estimate of drug-likeness (QED) is 0.386. The van der Waals surface area contributed by atoms with Crippen molar-refractivity contribution in [3.63, 3.8) is 0 Å². The third kappa shape index (κ3) is 6.69. The van der Waals surface area contributed by atoms with E-state index in [4.69, 9.17) is 0 Å². The second kappa shape index (κ2) is 10.7. The Kier molecular flexibility index (Phi) is 9.68. The number of unbranched alkanes of at least 4 members (excludes halogenated alkanes) is 4. The van der Waals surface area contributed by atoms with Crippen molar-refractivity contribution in [2.24, 2.45) is 0 Å². The van der Waals surface area contributed by atoms with Crippen LogP contribution in [0.5, 0.6) is 0 Å². The van der Waals surface area contributed by atoms with Crippen LogP contribution in [0.25, 0.3) is 10.8 Å². The molecule has 0 saturated carbocycles. The van der Waals surface area contributed by atoms with Crippen LogP contribution < -0.4 is 29.6 Å². The predicted octanol–water partition coefficient (Wildman–Crippen LogP) is 2.21. The first-order valence-corrected chi connectivity index (χ1v) is 10.4. The summed E-state index contributed by atoms with van der Waals surface area (Å²) < 4.78 is 35.2. The number of hydrogen-bond acceptors (Lipinski definition) is 3. The van der Waals surface area contributed by atoms with Gasteiger partial charge in [0.2, 0.25) is 0 Å². The predicted molar refractivity (Wildman–Crippen MR) is 98.4 cm³/mol. The first-order chi connectivity index (χ1) is 11.5. The Bertz CT molecular complexity index is 785. The molecule has 0 aromatic heterocycles. The van der Waals surface area contributed by atoms with Crippen LogP contribution >= 0.6 is 0 Å². The van der Waals surface area contributed by atoms with Crippen LogP contribution in [0, 0.1) is 0 Å². The summed E-state index contributed by atoms with van der Waals surface area (Å²) in [5.41, 5.74) is 2.03. The SMILES string of the molecule is CCCCCc1cc(S(=O)(=O)[O-])c2cc(CCCCC)ccc2c1.[Na+]. The maximum atomic E-state index is 11.7. The van der Waals surface area contributed by atoms with Crippen molar-refractivity contribution in [2.45, 2.75) is 70.1 Å². The number of aryl methyl sites for hydroxylation is 2. The van der Waals surface area contributed by atoms with Crippen molar-refractivity contribution in [3.05, 3.63) is 41.5 Å². The Morgan fingerprint density at radius 1 is 0.840 bits per heavy atom. The zero-order valence-corrected chi connectivity index (χ0v) is 18.5. The van der Waals surface area contributed by atoms with Crippen LogP contribution in [-0.2, 0) is 23.0 Å². The van der Waals surface area contributed by atoms with E-state index in [1.165, 1.54) is 0 Å². The van der Waals surface area contributed by atoms with E-state index in [0.29, 0.717) is 5.39 Å². The van der Waals surface area contributed by atoms with Gasteiger partial charge in [-0.2, -0.15) is 0 Å². The summed E-state index contributed by atoms with van der Waals surface area (Å²) in [6.07, 6.45) is 8.34. The molecule has 0 aliphatic heterocycles. The number of hydrogen-bond donors (Lipinski definition) is 0. The minimum absolute atomic E-state index is 0. The molecule has 25 heavy (non-hydrogen) atoms. The van der Waals surface area contributed by atoms with Gasteiger partial charge in [-0.05, 0) is 59.7 Å². The standard InChI is InChI=1S/C20H28O3S.Na/c1-3-5-7-9-16-11-12-18-13-17(10-8-6-4-2)15-20(19(18)14-16)24(21,22)23;/h11-15H,3-10H2,1-2H3,(H,21,22,23);/q;+1/p-1. The molecule has 0 N–H and O–H groups in total. The average molecular weight is 370 g/mol. The minimum Gasteiger partial charge on any atom is -0.744 e. The molecule has 0 atom stereocenters. The van der Waals surface area contributed by atoms with Crippen LogP contribution in [0.4, 0.5) is 0 Å². The fraction of sp³-hybridized carbons (Fsp3) is 0.500. The van der Waals surface area contributed by atoms with Gasteiger partial charge in [-0.25, -0.2) is 8.42 Å². The summed E-state index contributed by atoms with van der Waals surface area (Å²) in [5.74, 6) is 0. The van der Waals surface area contributed by atoms with E-state index in [2.05, 4.69) is 19.9 Å². The van der Waals surface area contributed by atoms with E-state index in [1.54, 1.807) is 6.07 Å². The molecule has 0 aliphatic carbocycles. The maximum absolute atomic E-state index is 11.7. The molecule has 0 radical (unpaired) electrons. The molecule has 0 aliphatic rings. The Morgan fingerprint density at radius 2 is 1.44 bits per heavy atom. The molecule has 0 bridgehead atoms. The monoisotopic (exact) mass is 370 g/mol. The summed E-state index contributed by atoms with van der Waals surface area (Å²) in [6.45, 7) is 4.29. The van der Waals surface area contributed by atoms with E-state index >= 15 is 0 Å². The molecular formula is C20H27NaO3S. The Balaban J connectivity index is 0.00000312. The van der Waals surface area contributed by atoms with Crippen molar-refractivity contribution in [3.8, 4) is 0 Å². The van der Waals surface area contributed by atoms with Gasteiger partial charge in [0.1, 0.15) is 10.1 Å². The van der Waals surface area contributed by atoms with Crippen molar-refractivity contribution in [1.82, 2.24) is 0 Å². The van der Waals surface area contributed by atoms with Gasteiger partial charge >= 0.3 is 29.6 Å².